The number of nitrogens with two attached hydrogens (primary N) is 1. The number of carbonyl (C=O) groups excluding carboxylic acids is 1. The van der Waals surface area contributed by atoms with Crippen LogP contribution in [0.1, 0.15) is 37.6 Å². The maximum Gasteiger partial charge on any atom is 0.254 e. The minimum Gasteiger partial charge on any atom is -0.494 e. The summed E-state index contributed by atoms with van der Waals surface area (Å²) in [4.78, 5) is 14.5. The zero-order valence-electron chi connectivity index (χ0n) is 13.4. The van der Waals surface area contributed by atoms with E-state index in [0.29, 0.717) is 36.8 Å². The van der Waals surface area contributed by atoms with Crippen LogP contribution >= 0.6 is 0 Å². The molecule has 0 radical (unpaired) electrons. The van der Waals surface area contributed by atoms with E-state index in [0.717, 1.165) is 6.42 Å². The van der Waals surface area contributed by atoms with Crippen LogP contribution in [0.15, 0.2) is 18.2 Å². The molecule has 0 spiro atoms. The molecule has 1 rings (SSSR count). The van der Waals surface area contributed by atoms with E-state index >= 15 is 0 Å². The fraction of sp³-hybridized carbons (Fsp3) is 0.562. The maximum absolute atomic E-state index is 12.7. The van der Waals surface area contributed by atoms with Gasteiger partial charge in [-0.1, -0.05) is 6.92 Å². The first-order valence-electron chi connectivity index (χ1n) is 7.36. The van der Waals surface area contributed by atoms with Gasteiger partial charge in [-0.3, -0.25) is 4.79 Å². The SMILES string of the molecule is CCOc1cc(N)cc(C(=O)N(CCOC)C(C)CC)c1. The summed E-state index contributed by atoms with van der Waals surface area (Å²) >= 11 is 0. The first-order chi connectivity index (χ1) is 10.0. The molecule has 2 N–H and O–H groups in total. The van der Waals surface area contributed by atoms with E-state index < -0.39 is 0 Å². The van der Waals surface area contributed by atoms with Gasteiger partial charge in [-0.15, -0.1) is 0 Å². The van der Waals surface area contributed by atoms with Gasteiger partial charge in [0, 0.05) is 37.0 Å². The number of benzene rings is 1. The molecule has 0 fully saturated rings. The quantitative estimate of drug-likeness (QED) is 0.748. The number of hydrogen-bond donors (Lipinski definition) is 1. The number of hydrogen-bond acceptors (Lipinski definition) is 4. The Morgan fingerprint density at radius 1 is 1.33 bits per heavy atom. The largest absolute Gasteiger partial charge is 0.494 e. The average Bonchev–Trinajstić information content (AvgIpc) is 2.46. The second-order valence-electron chi connectivity index (χ2n) is 4.97. The lowest BCUT2D eigenvalue weighted by Gasteiger charge is -2.28. The van der Waals surface area contributed by atoms with Gasteiger partial charge < -0.3 is 20.1 Å². The van der Waals surface area contributed by atoms with Gasteiger partial charge in [0.1, 0.15) is 5.75 Å². The number of methoxy groups -OCH3 is 1. The molecule has 1 amide bonds. The fourth-order valence-electron chi connectivity index (χ4n) is 2.09. The van der Waals surface area contributed by atoms with Crippen LogP contribution in [0.3, 0.4) is 0 Å². The molecule has 0 aromatic heterocycles. The molecule has 0 aliphatic carbocycles. The topological polar surface area (TPSA) is 64.8 Å². The first-order valence-corrected chi connectivity index (χ1v) is 7.36. The van der Waals surface area contributed by atoms with Crippen molar-refractivity contribution in [3.8, 4) is 5.75 Å². The van der Waals surface area contributed by atoms with Gasteiger partial charge in [-0.05, 0) is 32.4 Å². The Balaban J connectivity index is 3.01. The van der Waals surface area contributed by atoms with Crippen LogP contribution in [-0.4, -0.2) is 43.7 Å². The predicted molar refractivity (Wildman–Crippen MR) is 84.7 cm³/mol. The van der Waals surface area contributed by atoms with Crippen molar-refractivity contribution in [3.63, 3.8) is 0 Å². The van der Waals surface area contributed by atoms with Crippen molar-refractivity contribution in [2.45, 2.75) is 33.2 Å². The Morgan fingerprint density at radius 2 is 2.05 bits per heavy atom. The average molecular weight is 294 g/mol. The van der Waals surface area contributed by atoms with E-state index in [2.05, 4.69) is 6.92 Å². The molecule has 1 aromatic rings. The van der Waals surface area contributed by atoms with Crippen molar-refractivity contribution >= 4 is 11.6 Å². The maximum atomic E-state index is 12.7. The summed E-state index contributed by atoms with van der Waals surface area (Å²) in [5.74, 6) is 0.575. The van der Waals surface area contributed by atoms with E-state index in [9.17, 15) is 4.79 Å². The molecule has 0 aliphatic heterocycles. The molecule has 0 saturated carbocycles. The minimum atomic E-state index is -0.0466. The summed E-state index contributed by atoms with van der Waals surface area (Å²) in [6.07, 6.45) is 0.885. The van der Waals surface area contributed by atoms with Crippen LogP contribution in [0, 0.1) is 0 Å². The van der Waals surface area contributed by atoms with Gasteiger partial charge in [0.2, 0.25) is 0 Å². The molecule has 5 heteroatoms. The molecule has 1 atom stereocenters. The van der Waals surface area contributed by atoms with Crippen LogP contribution in [0.25, 0.3) is 0 Å². The predicted octanol–water partition coefficient (Wildman–Crippen LogP) is 2.55. The van der Waals surface area contributed by atoms with E-state index in [4.69, 9.17) is 15.2 Å². The molecule has 1 aromatic carbocycles. The van der Waals surface area contributed by atoms with Crippen molar-refractivity contribution in [2.75, 3.05) is 32.6 Å². The molecule has 21 heavy (non-hydrogen) atoms. The van der Waals surface area contributed by atoms with Crippen LogP contribution in [-0.2, 0) is 4.74 Å². The zero-order valence-corrected chi connectivity index (χ0v) is 13.4. The van der Waals surface area contributed by atoms with Gasteiger partial charge in [0.25, 0.3) is 5.91 Å². The second kappa shape index (κ2) is 8.52. The number of nitrogen functional groups attached to an aromatic ring is 1. The fourth-order valence-corrected chi connectivity index (χ4v) is 2.09. The summed E-state index contributed by atoms with van der Waals surface area (Å²) in [7, 11) is 1.63. The molecule has 118 valence electrons. The van der Waals surface area contributed by atoms with Gasteiger partial charge in [-0.2, -0.15) is 0 Å². The van der Waals surface area contributed by atoms with Crippen molar-refractivity contribution in [1.82, 2.24) is 4.90 Å². The lowest BCUT2D eigenvalue weighted by atomic mass is 10.1. The summed E-state index contributed by atoms with van der Waals surface area (Å²) in [5, 5.41) is 0. The lowest BCUT2D eigenvalue weighted by molar-refractivity contribution is 0.0613. The summed E-state index contributed by atoms with van der Waals surface area (Å²) in [6, 6.07) is 5.30. The van der Waals surface area contributed by atoms with Gasteiger partial charge in [0.05, 0.1) is 13.2 Å². The number of ether oxygens (including phenoxy) is 2. The number of nitrogens with zero attached hydrogens (tertiary/aromatic N) is 1. The molecule has 0 bridgehead atoms. The van der Waals surface area contributed by atoms with E-state index in [1.165, 1.54) is 0 Å². The number of amides is 1. The monoisotopic (exact) mass is 294 g/mol. The third-order valence-electron chi connectivity index (χ3n) is 3.41. The van der Waals surface area contributed by atoms with Crippen LogP contribution in [0.5, 0.6) is 5.75 Å². The minimum absolute atomic E-state index is 0.0466. The van der Waals surface area contributed by atoms with Crippen molar-refractivity contribution < 1.29 is 14.3 Å². The van der Waals surface area contributed by atoms with E-state index in [-0.39, 0.29) is 11.9 Å². The van der Waals surface area contributed by atoms with E-state index in [1.807, 2.05) is 18.7 Å². The van der Waals surface area contributed by atoms with Crippen LogP contribution < -0.4 is 10.5 Å². The van der Waals surface area contributed by atoms with E-state index in [1.54, 1.807) is 25.3 Å². The first kappa shape index (κ1) is 17.3. The van der Waals surface area contributed by atoms with Crippen molar-refractivity contribution in [2.24, 2.45) is 0 Å². The lowest BCUT2D eigenvalue weighted by Crippen LogP contribution is -2.40. The molecule has 0 saturated heterocycles. The Hall–Kier alpha value is -1.75. The molecule has 0 heterocycles. The smallest absolute Gasteiger partial charge is 0.254 e. The van der Waals surface area contributed by atoms with Crippen molar-refractivity contribution in [1.29, 1.82) is 0 Å². The third-order valence-corrected chi connectivity index (χ3v) is 3.41. The highest BCUT2D eigenvalue weighted by atomic mass is 16.5. The highest BCUT2D eigenvalue weighted by Gasteiger charge is 2.21. The Morgan fingerprint density at radius 3 is 2.62 bits per heavy atom. The Bertz CT molecular complexity index is 463. The van der Waals surface area contributed by atoms with Crippen LogP contribution in [0.2, 0.25) is 0 Å². The molecule has 0 aliphatic rings. The second-order valence-corrected chi connectivity index (χ2v) is 4.97. The third kappa shape index (κ3) is 4.93. The van der Waals surface area contributed by atoms with Crippen molar-refractivity contribution in [3.05, 3.63) is 23.8 Å². The number of rotatable bonds is 8. The highest BCUT2D eigenvalue weighted by molar-refractivity contribution is 5.95. The normalized spacial score (nSPS) is 12.0. The summed E-state index contributed by atoms with van der Waals surface area (Å²) < 4.78 is 10.5. The highest BCUT2D eigenvalue weighted by Crippen LogP contribution is 2.21. The van der Waals surface area contributed by atoms with Crippen LogP contribution in [0.4, 0.5) is 5.69 Å². The zero-order chi connectivity index (χ0) is 15.8. The van der Waals surface area contributed by atoms with Gasteiger partial charge >= 0.3 is 0 Å². The molecular weight excluding hydrogens is 268 g/mol. The summed E-state index contributed by atoms with van der Waals surface area (Å²) in [5.41, 5.74) is 6.94. The standard InChI is InChI=1S/C16H26N2O3/c1-5-12(3)18(7-8-20-4)16(19)13-9-14(17)11-15(10-13)21-6-2/h9-12H,5-8,17H2,1-4H3. The van der Waals surface area contributed by atoms with Gasteiger partial charge in [0.15, 0.2) is 0 Å². The number of carbonyl (C=O) groups is 1. The number of anilines is 1. The molecular formula is C16H26N2O3. The Kier molecular flexibility index (Phi) is 7.02. The molecule has 1 unspecified atom stereocenters. The van der Waals surface area contributed by atoms with Gasteiger partial charge in [-0.25, -0.2) is 0 Å². The Labute approximate surface area is 127 Å². The summed E-state index contributed by atoms with van der Waals surface area (Å²) in [6.45, 7) is 7.59. The molecule has 5 nitrogen and oxygen atoms in total.